The van der Waals surface area contributed by atoms with Crippen LogP contribution < -0.4 is 0 Å². The summed E-state index contributed by atoms with van der Waals surface area (Å²) in [6, 6.07) is 9.28. The van der Waals surface area contributed by atoms with E-state index in [2.05, 4.69) is 4.98 Å². The Morgan fingerprint density at radius 2 is 2.00 bits per heavy atom. The van der Waals surface area contributed by atoms with E-state index < -0.39 is 11.8 Å². The Bertz CT molecular complexity index is 526. The van der Waals surface area contributed by atoms with Gasteiger partial charge in [0.05, 0.1) is 11.3 Å². The number of pyridine rings is 1. The Balaban J connectivity index is 2.59. The highest BCUT2D eigenvalue weighted by molar-refractivity contribution is 5.89. The molecule has 0 atom stereocenters. The number of rotatable bonds is 2. The Hall–Kier alpha value is -2.23. The fraction of sp³-hybridized carbons (Fsp3) is 0. The summed E-state index contributed by atoms with van der Waals surface area (Å²) in [5.41, 5.74) is 0.270. The Morgan fingerprint density at radius 1 is 1.19 bits per heavy atom. The second kappa shape index (κ2) is 4.10. The highest BCUT2D eigenvalue weighted by Gasteiger charge is 2.14. The maximum atomic E-state index is 13.8. The first-order valence-corrected chi connectivity index (χ1v) is 4.63. The van der Waals surface area contributed by atoms with Crippen molar-refractivity contribution >= 4 is 5.97 Å². The summed E-state index contributed by atoms with van der Waals surface area (Å²) in [6.45, 7) is 0. The largest absolute Gasteiger partial charge is 0.478 e. The Morgan fingerprint density at radius 3 is 2.62 bits per heavy atom. The zero-order valence-corrected chi connectivity index (χ0v) is 8.22. The third kappa shape index (κ3) is 1.77. The van der Waals surface area contributed by atoms with Crippen LogP contribution >= 0.6 is 0 Å². The normalized spacial score (nSPS) is 10.1. The molecule has 0 spiro atoms. The molecule has 0 saturated heterocycles. The van der Waals surface area contributed by atoms with Crippen molar-refractivity contribution in [2.75, 3.05) is 0 Å². The van der Waals surface area contributed by atoms with Crippen LogP contribution in [0.3, 0.4) is 0 Å². The maximum Gasteiger partial charge on any atom is 0.338 e. The molecule has 1 aromatic heterocycles. The number of aromatic nitrogens is 1. The molecule has 1 heterocycles. The van der Waals surface area contributed by atoms with E-state index in [9.17, 15) is 9.18 Å². The van der Waals surface area contributed by atoms with Crippen LogP contribution in [0.1, 0.15) is 10.4 Å². The van der Waals surface area contributed by atoms with Crippen molar-refractivity contribution in [2.24, 2.45) is 0 Å². The van der Waals surface area contributed by atoms with Crippen LogP contribution in [0.25, 0.3) is 11.3 Å². The smallest absolute Gasteiger partial charge is 0.338 e. The third-order valence-electron chi connectivity index (χ3n) is 2.17. The van der Waals surface area contributed by atoms with Crippen molar-refractivity contribution in [2.45, 2.75) is 0 Å². The van der Waals surface area contributed by atoms with Crippen LogP contribution in [-0.2, 0) is 0 Å². The van der Waals surface area contributed by atoms with Gasteiger partial charge in [-0.15, -0.1) is 0 Å². The van der Waals surface area contributed by atoms with Gasteiger partial charge in [0.25, 0.3) is 0 Å². The number of nitrogens with zero attached hydrogens (tertiary/aromatic N) is 1. The standard InChI is InChI=1S/C12H8FNO2/c13-11-8(10-6-1-2-7-14-10)4-3-5-9(11)12(15)16/h1-7H,(H,15,16). The molecule has 0 bridgehead atoms. The van der Waals surface area contributed by atoms with Crippen molar-refractivity contribution in [1.29, 1.82) is 0 Å². The first-order chi connectivity index (χ1) is 7.70. The van der Waals surface area contributed by atoms with E-state index in [0.717, 1.165) is 0 Å². The summed E-state index contributed by atoms with van der Waals surface area (Å²) in [5, 5.41) is 8.78. The van der Waals surface area contributed by atoms with Crippen molar-refractivity contribution in [3.63, 3.8) is 0 Å². The number of halogens is 1. The van der Waals surface area contributed by atoms with Crippen LogP contribution in [0.15, 0.2) is 42.6 Å². The minimum atomic E-state index is -1.28. The number of aromatic carboxylic acids is 1. The van der Waals surface area contributed by atoms with E-state index in [4.69, 9.17) is 5.11 Å². The van der Waals surface area contributed by atoms with E-state index in [1.807, 2.05) is 0 Å². The molecule has 0 amide bonds. The Kier molecular flexibility index (Phi) is 2.64. The van der Waals surface area contributed by atoms with Gasteiger partial charge in [-0.1, -0.05) is 12.1 Å². The second-order valence-corrected chi connectivity index (χ2v) is 3.19. The summed E-state index contributed by atoms with van der Waals surface area (Å²) >= 11 is 0. The fourth-order valence-corrected chi connectivity index (χ4v) is 1.42. The van der Waals surface area contributed by atoms with Crippen LogP contribution in [0.2, 0.25) is 0 Å². The molecule has 0 aliphatic carbocycles. The predicted octanol–water partition coefficient (Wildman–Crippen LogP) is 2.59. The lowest BCUT2D eigenvalue weighted by Gasteiger charge is -2.04. The van der Waals surface area contributed by atoms with Gasteiger partial charge in [-0.05, 0) is 24.3 Å². The van der Waals surface area contributed by atoms with Gasteiger partial charge in [0.2, 0.25) is 0 Å². The topological polar surface area (TPSA) is 50.2 Å². The lowest BCUT2D eigenvalue weighted by Crippen LogP contribution is -2.02. The molecule has 80 valence electrons. The molecule has 4 heteroatoms. The lowest BCUT2D eigenvalue weighted by molar-refractivity contribution is 0.0692. The molecular weight excluding hydrogens is 209 g/mol. The quantitative estimate of drug-likeness (QED) is 0.841. The van der Waals surface area contributed by atoms with Crippen LogP contribution in [0, 0.1) is 5.82 Å². The first-order valence-electron chi connectivity index (χ1n) is 4.63. The van der Waals surface area contributed by atoms with E-state index in [1.54, 1.807) is 18.2 Å². The number of benzene rings is 1. The zero-order valence-electron chi connectivity index (χ0n) is 8.22. The molecule has 0 unspecified atom stereocenters. The highest BCUT2D eigenvalue weighted by Crippen LogP contribution is 2.22. The molecule has 1 aromatic carbocycles. The second-order valence-electron chi connectivity index (χ2n) is 3.19. The summed E-state index contributed by atoms with van der Waals surface area (Å²) in [4.78, 5) is 14.7. The molecule has 0 aliphatic heterocycles. The van der Waals surface area contributed by atoms with Crippen molar-refractivity contribution < 1.29 is 14.3 Å². The SMILES string of the molecule is O=C(O)c1cccc(-c2ccccn2)c1F. The molecule has 0 fully saturated rings. The van der Waals surface area contributed by atoms with E-state index in [-0.39, 0.29) is 11.1 Å². The van der Waals surface area contributed by atoms with Gasteiger partial charge < -0.3 is 5.11 Å². The number of carbonyl (C=O) groups is 1. The minimum absolute atomic E-state index is 0.195. The summed E-state index contributed by atoms with van der Waals surface area (Å²) in [7, 11) is 0. The monoisotopic (exact) mass is 217 g/mol. The van der Waals surface area contributed by atoms with Crippen molar-refractivity contribution in [1.82, 2.24) is 4.98 Å². The van der Waals surface area contributed by atoms with Crippen LogP contribution in [0.4, 0.5) is 4.39 Å². The molecule has 0 radical (unpaired) electrons. The molecule has 0 aliphatic rings. The van der Waals surface area contributed by atoms with Gasteiger partial charge in [0.15, 0.2) is 0 Å². The molecule has 1 N–H and O–H groups in total. The van der Waals surface area contributed by atoms with Crippen LogP contribution in [-0.4, -0.2) is 16.1 Å². The third-order valence-corrected chi connectivity index (χ3v) is 2.17. The predicted molar refractivity (Wildman–Crippen MR) is 56.6 cm³/mol. The lowest BCUT2D eigenvalue weighted by atomic mass is 10.1. The molecule has 0 saturated carbocycles. The number of hydrogen-bond acceptors (Lipinski definition) is 2. The summed E-state index contributed by atoms with van der Waals surface area (Å²) < 4.78 is 13.8. The summed E-state index contributed by atoms with van der Waals surface area (Å²) in [5.74, 6) is -2.04. The van der Waals surface area contributed by atoms with E-state index >= 15 is 0 Å². The number of carboxylic acid groups (broad SMARTS) is 1. The molecular formula is C12H8FNO2. The average molecular weight is 217 g/mol. The number of carboxylic acids is 1. The minimum Gasteiger partial charge on any atom is -0.478 e. The maximum absolute atomic E-state index is 13.8. The summed E-state index contributed by atoms with van der Waals surface area (Å²) in [6.07, 6.45) is 1.53. The van der Waals surface area contributed by atoms with Gasteiger partial charge in [-0.2, -0.15) is 0 Å². The Labute approximate surface area is 91.2 Å². The average Bonchev–Trinajstić information content (AvgIpc) is 2.30. The molecule has 2 aromatic rings. The van der Waals surface area contributed by atoms with Crippen LogP contribution in [0.5, 0.6) is 0 Å². The molecule has 2 rings (SSSR count). The van der Waals surface area contributed by atoms with Gasteiger partial charge in [-0.3, -0.25) is 4.98 Å². The van der Waals surface area contributed by atoms with Gasteiger partial charge >= 0.3 is 5.97 Å². The van der Waals surface area contributed by atoms with Gasteiger partial charge in [0.1, 0.15) is 5.82 Å². The van der Waals surface area contributed by atoms with Gasteiger partial charge in [0, 0.05) is 11.8 Å². The van der Waals surface area contributed by atoms with E-state index in [0.29, 0.717) is 5.69 Å². The van der Waals surface area contributed by atoms with E-state index in [1.165, 1.54) is 24.4 Å². The number of hydrogen-bond donors (Lipinski definition) is 1. The van der Waals surface area contributed by atoms with Crippen molar-refractivity contribution in [3.8, 4) is 11.3 Å². The fourth-order valence-electron chi connectivity index (χ4n) is 1.42. The zero-order chi connectivity index (χ0) is 11.5. The highest BCUT2D eigenvalue weighted by atomic mass is 19.1. The molecule has 16 heavy (non-hydrogen) atoms. The molecule has 3 nitrogen and oxygen atoms in total. The van der Waals surface area contributed by atoms with Gasteiger partial charge in [-0.25, -0.2) is 9.18 Å². The van der Waals surface area contributed by atoms with Crippen molar-refractivity contribution in [3.05, 3.63) is 54.0 Å². The first kappa shape index (κ1) is 10.3.